The number of methoxy groups -OCH3 is 3. The van der Waals surface area contributed by atoms with E-state index >= 15 is 0 Å². The number of thioether (sulfide) groups is 1. The zero-order valence-electron chi connectivity index (χ0n) is 23.3. The standard InChI is InChI=1S/C29H30FN5O5S/c1-17-7-6-8-22(18(17)2)35-25(15-31-28(37)19-13-23(38-3)27(40-5)24(14-19)39-4)33-34-29(35)41-16-26(36)32-21-11-9-20(30)10-12-21/h6-14H,15-16H2,1-5H3,(H,31,37)(H,32,36). The van der Waals surface area contributed by atoms with Crippen molar-refractivity contribution in [2.45, 2.75) is 25.5 Å². The molecule has 4 aromatic rings. The van der Waals surface area contributed by atoms with Gasteiger partial charge in [0.05, 0.1) is 39.3 Å². The summed E-state index contributed by atoms with van der Waals surface area (Å²) in [6, 6.07) is 14.5. The van der Waals surface area contributed by atoms with E-state index in [0.717, 1.165) is 16.8 Å². The molecule has 0 atom stereocenters. The summed E-state index contributed by atoms with van der Waals surface area (Å²) in [5.74, 6) is 0.553. The van der Waals surface area contributed by atoms with Crippen LogP contribution in [-0.4, -0.2) is 53.7 Å². The number of benzene rings is 3. The fourth-order valence-electron chi connectivity index (χ4n) is 4.06. The summed E-state index contributed by atoms with van der Waals surface area (Å²) in [7, 11) is 4.44. The van der Waals surface area contributed by atoms with Crippen molar-refractivity contribution >= 4 is 29.3 Å². The molecule has 1 aromatic heterocycles. The Labute approximate surface area is 241 Å². The lowest BCUT2D eigenvalue weighted by Crippen LogP contribution is -2.25. The van der Waals surface area contributed by atoms with Gasteiger partial charge < -0.3 is 24.8 Å². The quantitative estimate of drug-likeness (QED) is 0.246. The lowest BCUT2D eigenvalue weighted by atomic mass is 10.1. The van der Waals surface area contributed by atoms with Crippen LogP contribution in [0.25, 0.3) is 5.69 Å². The van der Waals surface area contributed by atoms with Crippen LogP contribution in [0.2, 0.25) is 0 Å². The second-order valence-electron chi connectivity index (χ2n) is 8.89. The molecule has 1 heterocycles. The first-order chi connectivity index (χ1) is 19.7. The molecule has 0 saturated carbocycles. The Bertz CT molecular complexity index is 1530. The number of nitrogens with zero attached hydrogens (tertiary/aromatic N) is 3. The topological polar surface area (TPSA) is 117 Å². The molecule has 10 nitrogen and oxygen atoms in total. The van der Waals surface area contributed by atoms with Crippen LogP contribution in [0.1, 0.15) is 27.3 Å². The Morgan fingerprint density at radius 1 is 0.951 bits per heavy atom. The van der Waals surface area contributed by atoms with Crippen molar-refractivity contribution in [2.24, 2.45) is 0 Å². The molecule has 214 valence electrons. The Morgan fingerprint density at radius 3 is 2.27 bits per heavy atom. The maximum Gasteiger partial charge on any atom is 0.251 e. The summed E-state index contributed by atoms with van der Waals surface area (Å²) < 4.78 is 31.1. The van der Waals surface area contributed by atoms with Gasteiger partial charge in [-0.15, -0.1) is 10.2 Å². The average molecular weight is 580 g/mol. The molecule has 0 aliphatic rings. The van der Waals surface area contributed by atoms with Crippen LogP contribution in [0.15, 0.2) is 59.8 Å². The highest BCUT2D eigenvalue weighted by atomic mass is 32.2. The van der Waals surface area contributed by atoms with Crippen LogP contribution in [0.4, 0.5) is 10.1 Å². The van der Waals surface area contributed by atoms with Gasteiger partial charge in [0.15, 0.2) is 22.5 Å². The third kappa shape index (κ3) is 6.77. The normalized spacial score (nSPS) is 10.7. The molecule has 0 radical (unpaired) electrons. The minimum absolute atomic E-state index is 0.0399. The van der Waals surface area contributed by atoms with E-state index in [2.05, 4.69) is 20.8 Å². The number of aromatic nitrogens is 3. The number of aryl methyl sites for hydroxylation is 1. The van der Waals surface area contributed by atoms with Crippen molar-refractivity contribution < 1.29 is 28.2 Å². The van der Waals surface area contributed by atoms with Crippen molar-refractivity contribution in [2.75, 3.05) is 32.4 Å². The monoisotopic (exact) mass is 579 g/mol. The van der Waals surface area contributed by atoms with E-state index in [1.54, 1.807) is 12.1 Å². The first-order valence-corrected chi connectivity index (χ1v) is 13.5. The minimum Gasteiger partial charge on any atom is -0.493 e. The molecule has 0 aliphatic heterocycles. The highest BCUT2D eigenvalue weighted by molar-refractivity contribution is 7.99. The van der Waals surface area contributed by atoms with Crippen LogP contribution in [0, 0.1) is 19.7 Å². The molecule has 0 bridgehead atoms. The number of halogens is 1. The molecule has 12 heteroatoms. The number of ether oxygens (including phenoxy) is 3. The van der Waals surface area contributed by atoms with Gasteiger partial charge in [0.2, 0.25) is 11.7 Å². The van der Waals surface area contributed by atoms with E-state index in [-0.39, 0.29) is 29.9 Å². The molecule has 3 aromatic carbocycles. The molecular formula is C29H30FN5O5S. The number of nitrogens with one attached hydrogen (secondary N) is 2. The van der Waals surface area contributed by atoms with Gasteiger partial charge in [0.25, 0.3) is 5.91 Å². The molecular weight excluding hydrogens is 549 g/mol. The Balaban J connectivity index is 1.57. The number of amides is 2. The van der Waals surface area contributed by atoms with E-state index in [1.807, 2.05) is 36.6 Å². The van der Waals surface area contributed by atoms with Crippen LogP contribution in [-0.2, 0) is 11.3 Å². The Kier molecular flexibility index (Phi) is 9.45. The number of hydrogen-bond donors (Lipinski definition) is 2. The predicted molar refractivity (Wildman–Crippen MR) is 154 cm³/mol. The van der Waals surface area contributed by atoms with Gasteiger partial charge in [0.1, 0.15) is 5.82 Å². The van der Waals surface area contributed by atoms with Gasteiger partial charge in [-0.05, 0) is 67.4 Å². The Morgan fingerprint density at radius 2 is 1.63 bits per heavy atom. The van der Waals surface area contributed by atoms with E-state index in [1.165, 1.54) is 57.4 Å². The Hall–Kier alpha value is -4.58. The SMILES string of the molecule is COc1cc(C(=O)NCc2nnc(SCC(=O)Nc3ccc(F)cc3)n2-c2cccc(C)c2C)cc(OC)c1OC. The van der Waals surface area contributed by atoms with E-state index < -0.39 is 0 Å². The van der Waals surface area contributed by atoms with Crippen molar-refractivity contribution in [1.29, 1.82) is 0 Å². The first-order valence-electron chi connectivity index (χ1n) is 12.5. The summed E-state index contributed by atoms with van der Waals surface area (Å²) in [5.41, 5.74) is 3.69. The smallest absolute Gasteiger partial charge is 0.251 e. The molecule has 4 rings (SSSR count). The summed E-state index contributed by atoms with van der Waals surface area (Å²) >= 11 is 1.20. The highest BCUT2D eigenvalue weighted by Gasteiger charge is 2.21. The largest absolute Gasteiger partial charge is 0.493 e. The molecule has 0 aliphatic carbocycles. The molecule has 2 N–H and O–H groups in total. The lowest BCUT2D eigenvalue weighted by molar-refractivity contribution is -0.113. The highest BCUT2D eigenvalue weighted by Crippen LogP contribution is 2.38. The summed E-state index contributed by atoms with van der Waals surface area (Å²) in [4.78, 5) is 25.7. The van der Waals surface area contributed by atoms with Crippen molar-refractivity contribution in [3.05, 3.63) is 82.9 Å². The zero-order valence-corrected chi connectivity index (χ0v) is 24.1. The third-order valence-electron chi connectivity index (χ3n) is 6.31. The summed E-state index contributed by atoms with van der Waals surface area (Å²) in [6.07, 6.45) is 0. The molecule has 0 spiro atoms. The predicted octanol–water partition coefficient (Wildman–Crippen LogP) is 4.71. The fraction of sp³-hybridized carbons (Fsp3) is 0.241. The van der Waals surface area contributed by atoms with Gasteiger partial charge in [-0.2, -0.15) is 0 Å². The lowest BCUT2D eigenvalue weighted by Gasteiger charge is -2.16. The second-order valence-corrected chi connectivity index (χ2v) is 9.84. The van der Waals surface area contributed by atoms with Gasteiger partial charge in [-0.25, -0.2) is 4.39 Å². The average Bonchev–Trinajstić information content (AvgIpc) is 3.38. The van der Waals surface area contributed by atoms with E-state index in [9.17, 15) is 14.0 Å². The number of hydrogen-bond acceptors (Lipinski definition) is 8. The van der Waals surface area contributed by atoms with Crippen LogP contribution >= 0.6 is 11.8 Å². The number of rotatable bonds is 11. The summed E-state index contributed by atoms with van der Waals surface area (Å²) in [5, 5.41) is 14.7. The van der Waals surface area contributed by atoms with Crippen LogP contribution < -0.4 is 24.8 Å². The first kappa shape index (κ1) is 29.4. The molecule has 2 amide bonds. The zero-order chi connectivity index (χ0) is 29.5. The van der Waals surface area contributed by atoms with Crippen molar-refractivity contribution in [3.8, 4) is 22.9 Å². The van der Waals surface area contributed by atoms with Crippen LogP contribution in [0.3, 0.4) is 0 Å². The van der Waals surface area contributed by atoms with E-state index in [4.69, 9.17) is 14.2 Å². The van der Waals surface area contributed by atoms with Gasteiger partial charge in [0, 0.05) is 11.3 Å². The number of carbonyl (C=O) groups excluding carboxylic acids is 2. The molecule has 41 heavy (non-hydrogen) atoms. The summed E-state index contributed by atoms with van der Waals surface area (Å²) in [6.45, 7) is 4.04. The number of carbonyl (C=O) groups is 2. The van der Waals surface area contributed by atoms with Crippen LogP contribution in [0.5, 0.6) is 17.2 Å². The van der Waals surface area contributed by atoms with Gasteiger partial charge in [-0.3, -0.25) is 14.2 Å². The van der Waals surface area contributed by atoms with Crippen molar-refractivity contribution in [3.63, 3.8) is 0 Å². The second kappa shape index (κ2) is 13.2. The maximum atomic E-state index is 13.2. The molecule has 0 saturated heterocycles. The number of anilines is 1. The van der Waals surface area contributed by atoms with E-state index in [0.29, 0.717) is 39.5 Å². The van der Waals surface area contributed by atoms with Crippen molar-refractivity contribution in [1.82, 2.24) is 20.1 Å². The van der Waals surface area contributed by atoms with Gasteiger partial charge >= 0.3 is 0 Å². The minimum atomic E-state index is -0.385. The van der Waals surface area contributed by atoms with Gasteiger partial charge in [-0.1, -0.05) is 23.9 Å². The maximum absolute atomic E-state index is 13.2. The molecule has 0 fully saturated rings. The fourth-order valence-corrected chi connectivity index (χ4v) is 4.83. The third-order valence-corrected chi connectivity index (χ3v) is 7.24. The molecule has 0 unspecified atom stereocenters.